The summed E-state index contributed by atoms with van der Waals surface area (Å²) in [5.41, 5.74) is 2.22. The summed E-state index contributed by atoms with van der Waals surface area (Å²) in [5, 5.41) is 4.37. The molecule has 2 aliphatic heterocycles. The van der Waals surface area contributed by atoms with Gasteiger partial charge in [-0.25, -0.2) is 4.79 Å². The molecule has 3 rings (SSSR count). The Hall–Kier alpha value is -1.79. The first-order chi connectivity index (χ1) is 10.2. The van der Waals surface area contributed by atoms with Gasteiger partial charge < -0.3 is 14.0 Å². The maximum absolute atomic E-state index is 11.6. The molecule has 0 aromatic heterocycles. The molecule has 2 heterocycles. The predicted octanol–water partition coefficient (Wildman–Crippen LogP) is 2.70. The van der Waals surface area contributed by atoms with Gasteiger partial charge >= 0.3 is 13.1 Å². The Bertz CT molecular complexity index is 650. The summed E-state index contributed by atoms with van der Waals surface area (Å²) >= 11 is 0. The van der Waals surface area contributed by atoms with Crippen molar-refractivity contribution < 1.29 is 18.8 Å². The maximum atomic E-state index is 11.6. The second kappa shape index (κ2) is 4.86. The number of carbonyl (C=O) groups excluding carboxylic acids is 1. The smallest absolute Gasteiger partial charge is 0.465 e. The van der Waals surface area contributed by atoms with E-state index in [1.54, 1.807) is 18.3 Å². The average Bonchev–Trinajstić information content (AvgIpc) is 2.96. The minimum Gasteiger partial charge on any atom is -0.465 e. The lowest BCUT2D eigenvalue weighted by atomic mass is 9.75. The van der Waals surface area contributed by atoms with E-state index in [1.807, 2.05) is 33.8 Å². The molecule has 0 atom stereocenters. The summed E-state index contributed by atoms with van der Waals surface area (Å²) in [5.74, 6) is -0.373. The Labute approximate surface area is 130 Å². The van der Waals surface area contributed by atoms with E-state index in [4.69, 9.17) is 14.0 Å². The van der Waals surface area contributed by atoms with E-state index in [0.29, 0.717) is 5.56 Å². The van der Waals surface area contributed by atoms with Crippen molar-refractivity contribution >= 4 is 24.2 Å². The summed E-state index contributed by atoms with van der Waals surface area (Å²) in [7, 11) is 0.903. The van der Waals surface area contributed by atoms with E-state index in [-0.39, 0.29) is 5.97 Å². The second-order valence-electron chi connectivity index (χ2n) is 6.53. The van der Waals surface area contributed by atoms with Crippen molar-refractivity contribution in [2.24, 2.45) is 0 Å². The topological polar surface area (TPSA) is 58.9 Å². The molecule has 1 saturated heterocycles. The molecule has 0 aliphatic carbocycles. The fourth-order valence-electron chi connectivity index (χ4n) is 2.49. The Morgan fingerprint density at radius 3 is 2.41 bits per heavy atom. The molecule has 1 fully saturated rings. The molecule has 1 aromatic rings. The van der Waals surface area contributed by atoms with Crippen molar-refractivity contribution in [1.29, 1.82) is 0 Å². The third-order valence-electron chi connectivity index (χ3n) is 4.58. The first kappa shape index (κ1) is 15.1. The molecule has 0 spiro atoms. The van der Waals surface area contributed by atoms with E-state index in [9.17, 15) is 4.79 Å². The number of rotatable bonds is 2. The fraction of sp³-hybridized carbons (Fsp3) is 0.438. The van der Waals surface area contributed by atoms with Crippen LogP contribution in [-0.4, -0.2) is 31.4 Å². The van der Waals surface area contributed by atoms with Crippen LogP contribution in [0.1, 0.15) is 43.6 Å². The van der Waals surface area contributed by atoms with Gasteiger partial charge in [-0.05, 0) is 39.8 Å². The largest absolute Gasteiger partial charge is 0.497 e. The standard InChI is InChI=1S/C16H19BNO4/c1-15(2)16(3,4)22-17(21-15)12-9-18-13-8-10(14(19)20-5)6-7-11(12)13/h6-9H,1-5H3. The van der Waals surface area contributed by atoms with E-state index >= 15 is 0 Å². The molecule has 6 heteroatoms. The van der Waals surface area contributed by atoms with Crippen molar-refractivity contribution in [2.45, 2.75) is 38.9 Å². The fourth-order valence-corrected chi connectivity index (χ4v) is 2.49. The van der Waals surface area contributed by atoms with Crippen LogP contribution in [0.4, 0.5) is 5.69 Å². The lowest BCUT2D eigenvalue weighted by molar-refractivity contribution is 0.00578. The highest BCUT2D eigenvalue weighted by Crippen LogP contribution is 2.43. The SMILES string of the molecule is COC(=O)c1ccc2c(c1)[N]C=C2B1OC(C)(C)C(C)(C)O1. The lowest BCUT2D eigenvalue weighted by Crippen LogP contribution is -2.41. The molecule has 0 N–H and O–H groups in total. The highest BCUT2D eigenvalue weighted by molar-refractivity contribution is 6.69. The molecule has 22 heavy (non-hydrogen) atoms. The van der Waals surface area contributed by atoms with Crippen LogP contribution in [0.5, 0.6) is 0 Å². The van der Waals surface area contributed by atoms with Crippen LogP contribution in [0, 0.1) is 0 Å². The molecule has 2 aliphatic rings. The van der Waals surface area contributed by atoms with Crippen molar-refractivity contribution in [2.75, 3.05) is 7.11 Å². The highest BCUT2D eigenvalue weighted by atomic mass is 16.7. The first-order valence-electron chi connectivity index (χ1n) is 7.24. The monoisotopic (exact) mass is 300 g/mol. The number of carbonyl (C=O) groups is 1. The van der Waals surface area contributed by atoms with Gasteiger partial charge in [-0.2, -0.15) is 0 Å². The molecule has 0 unspecified atom stereocenters. The molecule has 1 aromatic carbocycles. The van der Waals surface area contributed by atoms with Crippen LogP contribution in [-0.2, 0) is 14.0 Å². The molecule has 0 amide bonds. The lowest BCUT2D eigenvalue weighted by Gasteiger charge is -2.32. The van der Waals surface area contributed by atoms with Crippen LogP contribution in [0.15, 0.2) is 24.4 Å². The zero-order valence-corrected chi connectivity index (χ0v) is 13.5. The predicted molar refractivity (Wildman–Crippen MR) is 83.6 cm³/mol. The third kappa shape index (κ3) is 2.23. The van der Waals surface area contributed by atoms with Crippen molar-refractivity contribution in [3.63, 3.8) is 0 Å². The van der Waals surface area contributed by atoms with E-state index in [1.165, 1.54) is 7.11 Å². The van der Waals surface area contributed by atoms with Crippen LogP contribution < -0.4 is 5.32 Å². The number of hydrogen-bond donors (Lipinski definition) is 0. The van der Waals surface area contributed by atoms with Gasteiger partial charge in [-0.15, -0.1) is 0 Å². The van der Waals surface area contributed by atoms with Crippen molar-refractivity contribution in [3.05, 3.63) is 35.5 Å². The Morgan fingerprint density at radius 2 is 1.82 bits per heavy atom. The summed E-state index contributed by atoms with van der Waals surface area (Å²) in [6.07, 6.45) is 1.74. The Balaban J connectivity index is 1.88. The average molecular weight is 300 g/mol. The Morgan fingerprint density at radius 1 is 1.18 bits per heavy atom. The van der Waals surface area contributed by atoms with Gasteiger partial charge in [0.25, 0.3) is 0 Å². The van der Waals surface area contributed by atoms with Gasteiger partial charge in [0.15, 0.2) is 0 Å². The van der Waals surface area contributed by atoms with Gasteiger partial charge in [0.1, 0.15) is 0 Å². The molecule has 0 saturated carbocycles. The third-order valence-corrected chi connectivity index (χ3v) is 4.58. The minimum atomic E-state index is -0.459. The molecule has 1 radical (unpaired) electrons. The number of hydrogen-bond acceptors (Lipinski definition) is 4. The zero-order valence-electron chi connectivity index (χ0n) is 13.5. The van der Waals surface area contributed by atoms with E-state index in [0.717, 1.165) is 16.7 Å². The van der Waals surface area contributed by atoms with E-state index < -0.39 is 18.3 Å². The van der Waals surface area contributed by atoms with Crippen molar-refractivity contribution in [1.82, 2.24) is 5.32 Å². The van der Waals surface area contributed by atoms with Gasteiger partial charge in [-0.1, -0.05) is 6.07 Å². The molecular weight excluding hydrogens is 281 g/mol. The highest BCUT2D eigenvalue weighted by Gasteiger charge is 2.53. The molecular formula is C16H19BNO4. The quantitative estimate of drug-likeness (QED) is 0.622. The maximum Gasteiger partial charge on any atom is 0.497 e. The minimum absolute atomic E-state index is 0.373. The molecule has 115 valence electrons. The van der Waals surface area contributed by atoms with Crippen LogP contribution >= 0.6 is 0 Å². The molecule has 0 bridgehead atoms. The zero-order chi connectivity index (χ0) is 16.1. The first-order valence-corrected chi connectivity index (χ1v) is 7.24. The van der Waals surface area contributed by atoms with Crippen LogP contribution in [0.2, 0.25) is 0 Å². The summed E-state index contributed by atoms with van der Waals surface area (Å²) in [6.45, 7) is 8.06. The van der Waals surface area contributed by atoms with Crippen molar-refractivity contribution in [3.8, 4) is 0 Å². The van der Waals surface area contributed by atoms with Crippen LogP contribution in [0.25, 0.3) is 5.47 Å². The number of nitrogens with zero attached hydrogens (tertiary/aromatic N) is 1. The number of esters is 1. The summed E-state index contributed by atoms with van der Waals surface area (Å²) in [6, 6.07) is 5.30. The molecule has 5 nitrogen and oxygen atoms in total. The Kier molecular flexibility index (Phi) is 3.34. The second-order valence-corrected chi connectivity index (χ2v) is 6.53. The van der Waals surface area contributed by atoms with Gasteiger partial charge in [0, 0.05) is 17.2 Å². The number of fused-ring (bicyclic) bond motifs is 1. The number of benzene rings is 1. The normalized spacial score (nSPS) is 21.1. The van der Waals surface area contributed by atoms with Gasteiger partial charge in [-0.3, -0.25) is 5.32 Å². The van der Waals surface area contributed by atoms with Crippen LogP contribution in [0.3, 0.4) is 0 Å². The van der Waals surface area contributed by atoms with E-state index in [2.05, 4.69) is 5.32 Å². The van der Waals surface area contributed by atoms with Gasteiger partial charge in [0.05, 0.1) is 29.6 Å². The number of methoxy groups -OCH3 is 1. The van der Waals surface area contributed by atoms with Gasteiger partial charge in [0.2, 0.25) is 0 Å². The number of ether oxygens (including phenoxy) is 1. The summed E-state index contributed by atoms with van der Waals surface area (Å²) in [4.78, 5) is 11.6. The summed E-state index contributed by atoms with van der Waals surface area (Å²) < 4.78 is 16.9.